The predicted octanol–water partition coefficient (Wildman–Crippen LogP) is 3.66. The van der Waals surface area contributed by atoms with Crippen molar-refractivity contribution >= 4 is 11.3 Å². The van der Waals surface area contributed by atoms with Crippen LogP contribution in [0.3, 0.4) is 0 Å². The molecule has 2 N–H and O–H groups in total. The molecule has 2 heterocycles. The molecule has 0 aromatic carbocycles. The number of methoxy groups -OCH3 is 1. The van der Waals surface area contributed by atoms with E-state index >= 15 is 0 Å². The zero-order valence-electron chi connectivity index (χ0n) is 13.1. The van der Waals surface area contributed by atoms with Gasteiger partial charge >= 0.3 is 0 Å². The van der Waals surface area contributed by atoms with Crippen LogP contribution in [-0.2, 0) is 12.8 Å². The first-order valence-corrected chi connectivity index (χ1v) is 8.26. The fraction of sp³-hybridized carbons (Fsp3) is 0.471. The molecule has 0 aliphatic rings. The monoisotopic (exact) mass is 304 g/mol. The van der Waals surface area contributed by atoms with E-state index in [0.717, 1.165) is 48.3 Å². The van der Waals surface area contributed by atoms with Crippen molar-refractivity contribution in [2.24, 2.45) is 5.73 Å². The Bertz CT molecular complexity index is 566. The number of hydrogen-bond donors (Lipinski definition) is 1. The van der Waals surface area contributed by atoms with Gasteiger partial charge in [-0.25, -0.2) is 0 Å². The molecular formula is C17H24N2OS. The molecule has 0 amide bonds. The summed E-state index contributed by atoms with van der Waals surface area (Å²) in [6, 6.07) is 4.45. The van der Waals surface area contributed by atoms with Crippen LogP contribution in [0.15, 0.2) is 23.7 Å². The average Bonchev–Trinajstić information content (AvgIpc) is 2.96. The molecule has 21 heavy (non-hydrogen) atoms. The fourth-order valence-electron chi connectivity index (χ4n) is 2.62. The van der Waals surface area contributed by atoms with Crippen LogP contribution in [0.1, 0.15) is 34.5 Å². The highest BCUT2D eigenvalue weighted by Gasteiger charge is 2.12. The van der Waals surface area contributed by atoms with Crippen molar-refractivity contribution in [2.75, 3.05) is 7.11 Å². The number of rotatable bonds is 7. The van der Waals surface area contributed by atoms with Gasteiger partial charge in [-0.3, -0.25) is 4.98 Å². The number of nitrogens with zero attached hydrogens (tertiary/aromatic N) is 1. The molecule has 2 aromatic rings. The molecule has 4 heteroatoms. The normalized spacial score (nSPS) is 12.4. The number of ether oxygens (including phenoxy) is 1. The van der Waals surface area contributed by atoms with Gasteiger partial charge in [0.2, 0.25) is 0 Å². The average molecular weight is 304 g/mol. The highest BCUT2D eigenvalue weighted by atomic mass is 32.1. The van der Waals surface area contributed by atoms with Crippen LogP contribution in [0.4, 0.5) is 0 Å². The summed E-state index contributed by atoms with van der Waals surface area (Å²) < 4.78 is 5.45. The van der Waals surface area contributed by atoms with E-state index in [2.05, 4.69) is 29.4 Å². The molecule has 1 atom stereocenters. The van der Waals surface area contributed by atoms with Crippen LogP contribution in [0.2, 0.25) is 0 Å². The summed E-state index contributed by atoms with van der Waals surface area (Å²) >= 11 is 1.82. The van der Waals surface area contributed by atoms with Gasteiger partial charge < -0.3 is 10.5 Å². The Labute approximate surface area is 131 Å². The number of nitrogens with two attached hydrogens (primary N) is 1. The molecule has 114 valence electrons. The molecule has 1 unspecified atom stereocenters. The molecule has 0 saturated carbocycles. The van der Waals surface area contributed by atoms with Crippen molar-refractivity contribution < 1.29 is 4.74 Å². The van der Waals surface area contributed by atoms with E-state index in [-0.39, 0.29) is 6.04 Å². The van der Waals surface area contributed by atoms with Gasteiger partial charge in [0, 0.05) is 40.4 Å². The summed E-state index contributed by atoms with van der Waals surface area (Å²) in [7, 11) is 1.71. The summed E-state index contributed by atoms with van der Waals surface area (Å²) in [6.45, 7) is 4.08. The lowest BCUT2D eigenvalue weighted by Crippen LogP contribution is -2.24. The van der Waals surface area contributed by atoms with Crippen molar-refractivity contribution in [3.05, 3.63) is 45.4 Å². The lowest BCUT2D eigenvalue weighted by atomic mass is 10.0. The second-order valence-corrected chi connectivity index (χ2v) is 6.51. The van der Waals surface area contributed by atoms with E-state index in [1.165, 1.54) is 4.88 Å². The van der Waals surface area contributed by atoms with Crippen molar-refractivity contribution in [1.29, 1.82) is 0 Å². The Morgan fingerprint density at radius 1 is 1.38 bits per heavy atom. The van der Waals surface area contributed by atoms with E-state index in [1.807, 2.05) is 24.5 Å². The summed E-state index contributed by atoms with van der Waals surface area (Å²) in [6.07, 6.45) is 5.96. The van der Waals surface area contributed by atoms with Crippen LogP contribution in [0.5, 0.6) is 5.75 Å². The first kappa shape index (κ1) is 16.0. The van der Waals surface area contributed by atoms with Gasteiger partial charge in [0.25, 0.3) is 0 Å². The Kier molecular flexibility index (Phi) is 5.76. The van der Waals surface area contributed by atoms with Gasteiger partial charge in [0.1, 0.15) is 5.75 Å². The van der Waals surface area contributed by atoms with Gasteiger partial charge in [0.15, 0.2) is 0 Å². The Morgan fingerprint density at radius 2 is 2.19 bits per heavy atom. The summed E-state index contributed by atoms with van der Waals surface area (Å²) in [5, 5.41) is 2.13. The standard InChI is InChI=1S/C17H24N2OS/c1-12-11-19-16(13(2)17(12)20-3)10-14(18)6-4-7-15-8-5-9-21-15/h5,8-9,11,14H,4,6-7,10,18H2,1-3H3. The van der Waals surface area contributed by atoms with Gasteiger partial charge in [-0.05, 0) is 44.6 Å². The first-order chi connectivity index (χ1) is 10.1. The number of hydrogen-bond acceptors (Lipinski definition) is 4. The SMILES string of the molecule is COc1c(C)cnc(CC(N)CCCc2cccs2)c1C. The lowest BCUT2D eigenvalue weighted by molar-refractivity contribution is 0.406. The number of aromatic nitrogens is 1. The molecular weight excluding hydrogens is 280 g/mol. The zero-order chi connectivity index (χ0) is 15.2. The van der Waals surface area contributed by atoms with Crippen molar-refractivity contribution in [1.82, 2.24) is 4.98 Å². The Balaban J connectivity index is 1.89. The summed E-state index contributed by atoms with van der Waals surface area (Å²) in [4.78, 5) is 5.96. The summed E-state index contributed by atoms with van der Waals surface area (Å²) in [5.74, 6) is 0.936. The largest absolute Gasteiger partial charge is 0.496 e. The van der Waals surface area contributed by atoms with E-state index in [4.69, 9.17) is 10.5 Å². The summed E-state index contributed by atoms with van der Waals surface area (Å²) in [5.41, 5.74) is 9.51. The van der Waals surface area contributed by atoms with Gasteiger partial charge in [-0.15, -0.1) is 11.3 Å². The third-order valence-corrected chi connectivity index (χ3v) is 4.72. The van der Waals surface area contributed by atoms with Gasteiger partial charge in [-0.1, -0.05) is 6.07 Å². The third kappa shape index (κ3) is 4.29. The number of pyridine rings is 1. The quantitative estimate of drug-likeness (QED) is 0.849. The highest BCUT2D eigenvalue weighted by molar-refractivity contribution is 7.09. The molecule has 0 fully saturated rings. The minimum absolute atomic E-state index is 0.156. The lowest BCUT2D eigenvalue weighted by Gasteiger charge is -2.15. The predicted molar refractivity (Wildman–Crippen MR) is 89.2 cm³/mol. The minimum Gasteiger partial charge on any atom is -0.496 e. The van der Waals surface area contributed by atoms with E-state index in [0.29, 0.717) is 0 Å². The fourth-order valence-corrected chi connectivity index (χ4v) is 3.37. The topological polar surface area (TPSA) is 48.1 Å². The van der Waals surface area contributed by atoms with Crippen LogP contribution < -0.4 is 10.5 Å². The van der Waals surface area contributed by atoms with E-state index in [1.54, 1.807) is 7.11 Å². The maximum atomic E-state index is 6.27. The van der Waals surface area contributed by atoms with E-state index in [9.17, 15) is 0 Å². The molecule has 0 saturated heterocycles. The van der Waals surface area contributed by atoms with Gasteiger partial charge in [-0.2, -0.15) is 0 Å². The highest BCUT2D eigenvalue weighted by Crippen LogP contribution is 2.25. The number of thiophene rings is 1. The second kappa shape index (κ2) is 7.57. The van der Waals surface area contributed by atoms with Crippen LogP contribution in [-0.4, -0.2) is 18.1 Å². The minimum atomic E-state index is 0.156. The molecule has 2 aromatic heterocycles. The Hall–Kier alpha value is -1.39. The maximum Gasteiger partial charge on any atom is 0.128 e. The molecule has 0 radical (unpaired) electrons. The Morgan fingerprint density at radius 3 is 2.86 bits per heavy atom. The molecule has 0 spiro atoms. The van der Waals surface area contributed by atoms with Crippen LogP contribution in [0, 0.1) is 13.8 Å². The van der Waals surface area contributed by atoms with Crippen LogP contribution >= 0.6 is 11.3 Å². The molecule has 3 nitrogen and oxygen atoms in total. The van der Waals surface area contributed by atoms with Gasteiger partial charge in [0.05, 0.1) is 7.11 Å². The molecule has 0 bridgehead atoms. The van der Waals surface area contributed by atoms with Crippen LogP contribution in [0.25, 0.3) is 0 Å². The first-order valence-electron chi connectivity index (χ1n) is 7.38. The molecule has 2 rings (SSSR count). The smallest absolute Gasteiger partial charge is 0.128 e. The second-order valence-electron chi connectivity index (χ2n) is 5.48. The van der Waals surface area contributed by atoms with Crippen molar-refractivity contribution in [2.45, 2.75) is 45.6 Å². The number of aryl methyl sites for hydroxylation is 2. The molecule has 0 aliphatic heterocycles. The van der Waals surface area contributed by atoms with E-state index < -0.39 is 0 Å². The van der Waals surface area contributed by atoms with Crippen molar-refractivity contribution in [3.8, 4) is 5.75 Å². The third-order valence-electron chi connectivity index (χ3n) is 3.78. The molecule has 0 aliphatic carbocycles. The zero-order valence-corrected chi connectivity index (χ0v) is 13.9. The van der Waals surface area contributed by atoms with Crippen molar-refractivity contribution in [3.63, 3.8) is 0 Å². The maximum absolute atomic E-state index is 6.27.